The van der Waals surface area contributed by atoms with Crippen LogP contribution in [0.4, 0.5) is 5.69 Å². The number of Topliss-reactive ketones (excluding diaryl/α,β-unsaturated/α-hetero) is 3. The van der Waals surface area contributed by atoms with E-state index in [2.05, 4.69) is 0 Å². The number of methoxy groups -OCH3 is 2. The summed E-state index contributed by atoms with van der Waals surface area (Å²) in [6.45, 7) is 1.51. The Balaban J connectivity index is 1.69. The van der Waals surface area contributed by atoms with Crippen molar-refractivity contribution in [3.05, 3.63) is 94.0 Å². The Hall–Kier alpha value is -3.90. The second kappa shape index (κ2) is 8.32. The molecular weight excluding hydrogens is 490 g/mol. The van der Waals surface area contributed by atoms with E-state index in [0.717, 1.165) is 11.3 Å². The average Bonchev–Trinajstić information content (AvgIpc) is 3.34. The Morgan fingerprint density at radius 3 is 2.27 bits per heavy atom. The Labute approximate surface area is 219 Å². The summed E-state index contributed by atoms with van der Waals surface area (Å²) in [7, 11) is 3.08. The number of carbonyl (C=O) groups excluding carboxylic acids is 3. The normalized spacial score (nSPS) is 22.6. The first-order valence-corrected chi connectivity index (χ1v) is 12.4. The predicted molar refractivity (Wildman–Crippen MR) is 141 cm³/mol. The van der Waals surface area contributed by atoms with E-state index in [4.69, 9.17) is 21.1 Å². The fraction of sp³-hybridized carbons (Fsp3) is 0.233. The minimum Gasteiger partial charge on any atom is -0.497 e. The second-order valence-corrected chi connectivity index (χ2v) is 10.1. The highest BCUT2D eigenvalue weighted by atomic mass is 35.5. The van der Waals surface area contributed by atoms with Crippen LogP contribution in [-0.2, 0) is 4.79 Å². The van der Waals surface area contributed by atoms with Gasteiger partial charge in [-0.2, -0.15) is 0 Å². The molecule has 0 radical (unpaired) electrons. The summed E-state index contributed by atoms with van der Waals surface area (Å²) in [4.78, 5) is 44.4. The van der Waals surface area contributed by atoms with Gasteiger partial charge in [-0.25, -0.2) is 0 Å². The van der Waals surface area contributed by atoms with E-state index in [1.54, 1.807) is 55.6 Å². The van der Waals surface area contributed by atoms with Crippen molar-refractivity contribution >= 4 is 40.7 Å². The molecule has 0 N–H and O–H groups in total. The van der Waals surface area contributed by atoms with Crippen LogP contribution in [0.25, 0.3) is 6.08 Å². The fourth-order valence-corrected chi connectivity index (χ4v) is 6.70. The average molecular weight is 514 g/mol. The largest absolute Gasteiger partial charge is 0.497 e. The number of ketones is 3. The van der Waals surface area contributed by atoms with Crippen LogP contribution in [0.2, 0.25) is 5.02 Å². The van der Waals surface area contributed by atoms with Gasteiger partial charge in [-0.15, -0.1) is 0 Å². The SMILES string of the molecule is COc1ccc(C2C(C(C)=O)N3c4ccc(Cl)cc4C=CC3C23C(=O)c2ccccc2C3=O)c(OC)c1. The third-order valence-corrected chi connectivity index (χ3v) is 8.19. The summed E-state index contributed by atoms with van der Waals surface area (Å²) in [5.74, 6) is -0.510. The lowest BCUT2D eigenvalue weighted by Crippen LogP contribution is -2.48. The van der Waals surface area contributed by atoms with Crippen molar-refractivity contribution < 1.29 is 23.9 Å². The number of ether oxygens (including phenoxy) is 2. The Bertz CT molecular complexity index is 1490. The van der Waals surface area contributed by atoms with Crippen molar-refractivity contribution in [1.82, 2.24) is 0 Å². The molecule has 7 heteroatoms. The lowest BCUT2D eigenvalue weighted by Gasteiger charge is -2.37. The van der Waals surface area contributed by atoms with Gasteiger partial charge in [0, 0.05) is 39.4 Å². The smallest absolute Gasteiger partial charge is 0.180 e. The first-order chi connectivity index (χ1) is 17.8. The lowest BCUT2D eigenvalue weighted by atomic mass is 9.64. The number of hydrogen-bond acceptors (Lipinski definition) is 6. The maximum Gasteiger partial charge on any atom is 0.180 e. The monoisotopic (exact) mass is 513 g/mol. The van der Waals surface area contributed by atoms with Gasteiger partial charge in [0.15, 0.2) is 17.3 Å². The highest BCUT2D eigenvalue weighted by molar-refractivity contribution is 6.32. The van der Waals surface area contributed by atoms with Crippen LogP contribution in [0.5, 0.6) is 11.5 Å². The number of benzene rings is 3. The summed E-state index contributed by atoms with van der Waals surface area (Å²) < 4.78 is 11.1. The minimum absolute atomic E-state index is 0.155. The zero-order valence-corrected chi connectivity index (χ0v) is 21.3. The van der Waals surface area contributed by atoms with Gasteiger partial charge in [0.25, 0.3) is 0 Å². The molecule has 3 aliphatic rings. The van der Waals surface area contributed by atoms with E-state index in [1.807, 2.05) is 29.2 Å². The number of rotatable bonds is 4. The summed E-state index contributed by atoms with van der Waals surface area (Å²) in [6.07, 6.45) is 3.75. The molecule has 6 nitrogen and oxygen atoms in total. The molecule has 2 aliphatic heterocycles. The Morgan fingerprint density at radius 1 is 0.946 bits per heavy atom. The third-order valence-electron chi connectivity index (χ3n) is 7.96. The topological polar surface area (TPSA) is 72.9 Å². The summed E-state index contributed by atoms with van der Waals surface area (Å²) in [5, 5.41) is 0.559. The molecule has 37 heavy (non-hydrogen) atoms. The second-order valence-electron chi connectivity index (χ2n) is 9.63. The van der Waals surface area contributed by atoms with Gasteiger partial charge >= 0.3 is 0 Å². The van der Waals surface area contributed by atoms with Crippen molar-refractivity contribution in [3.8, 4) is 11.5 Å². The number of fused-ring (bicyclic) bond motifs is 5. The summed E-state index contributed by atoms with van der Waals surface area (Å²) in [5.41, 5.74) is 1.38. The minimum atomic E-state index is -1.56. The zero-order valence-electron chi connectivity index (χ0n) is 20.5. The maximum atomic E-state index is 14.4. The van der Waals surface area contributed by atoms with Crippen molar-refractivity contribution in [3.63, 3.8) is 0 Å². The molecule has 1 spiro atoms. The number of hydrogen-bond donors (Lipinski definition) is 0. The van der Waals surface area contributed by atoms with Gasteiger partial charge in [0.1, 0.15) is 16.9 Å². The van der Waals surface area contributed by atoms with Crippen LogP contribution in [-0.4, -0.2) is 43.7 Å². The quantitative estimate of drug-likeness (QED) is 0.436. The summed E-state index contributed by atoms with van der Waals surface area (Å²) >= 11 is 6.28. The fourth-order valence-electron chi connectivity index (χ4n) is 6.52. The van der Waals surface area contributed by atoms with E-state index in [0.29, 0.717) is 33.2 Å². The molecule has 1 aliphatic carbocycles. The van der Waals surface area contributed by atoms with Gasteiger partial charge in [-0.05, 0) is 36.8 Å². The van der Waals surface area contributed by atoms with Gasteiger partial charge in [0.05, 0.1) is 26.3 Å². The number of carbonyl (C=O) groups is 3. The first-order valence-electron chi connectivity index (χ1n) is 12.0. The van der Waals surface area contributed by atoms with Gasteiger partial charge in [-0.3, -0.25) is 14.4 Å². The Kier molecular flexibility index (Phi) is 5.28. The van der Waals surface area contributed by atoms with Crippen LogP contribution in [0.15, 0.2) is 66.7 Å². The molecule has 0 amide bonds. The molecule has 186 valence electrons. The van der Waals surface area contributed by atoms with Crippen LogP contribution in [0.1, 0.15) is 44.7 Å². The zero-order chi connectivity index (χ0) is 26.1. The van der Waals surface area contributed by atoms with Crippen LogP contribution >= 0.6 is 11.6 Å². The van der Waals surface area contributed by atoms with Crippen LogP contribution in [0, 0.1) is 5.41 Å². The molecule has 0 aromatic heterocycles. The van der Waals surface area contributed by atoms with E-state index >= 15 is 0 Å². The van der Waals surface area contributed by atoms with Gasteiger partial charge in [-0.1, -0.05) is 54.1 Å². The van der Waals surface area contributed by atoms with Crippen molar-refractivity contribution in [2.75, 3.05) is 19.1 Å². The number of anilines is 1. The third kappa shape index (κ3) is 3.02. The van der Waals surface area contributed by atoms with Crippen molar-refractivity contribution in [2.24, 2.45) is 5.41 Å². The molecule has 3 aromatic rings. The number of nitrogens with zero attached hydrogens (tertiary/aromatic N) is 1. The van der Waals surface area contributed by atoms with Crippen LogP contribution < -0.4 is 14.4 Å². The Morgan fingerprint density at radius 2 is 1.65 bits per heavy atom. The van der Waals surface area contributed by atoms with E-state index in [-0.39, 0.29) is 17.3 Å². The predicted octanol–water partition coefficient (Wildman–Crippen LogP) is 5.38. The van der Waals surface area contributed by atoms with E-state index in [9.17, 15) is 14.4 Å². The molecule has 1 saturated heterocycles. The van der Waals surface area contributed by atoms with Crippen molar-refractivity contribution in [1.29, 1.82) is 0 Å². The van der Waals surface area contributed by atoms with Gasteiger partial charge < -0.3 is 14.4 Å². The maximum absolute atomic E-state index is 14.4. The first kappa shape index (κ1) is 23.5. The standard InChI is InChI=1S/C30H24ClNO5/c1-16(33)27-26(22-11-10-19(36-2)15-24(22)37-3)30(28(34)20-6-4-5-7-21(20)29(30)35)25-13-8-17-14-18(31)9-12-23(17)32(25)27/h4-15,25-27H,1-3H3. The molecule has 3 aromatic carbocycles. The van der Waals surface area contributed by atoms with Gasteiger partial charge in [0.2, 0.25) is 0 Å². The van der Waals surface area contributed by atoms with E-state index in [1.165, 1.54) is 14.0 Å². The number of halogens is 1. The highest BCUT2D eigenvalue weighted by Crippen LogP contribution is 2.61. The highest BCUT2D eigenvalue weighted by Gasteiger charge is 2.71. The van der Waals surface area contributed by atoms with E-state index < -0.39 is 23.4 Å². The lowest BCUT2D eigenvalue weighted by molar-refractivity contribution is -0.118. The molecule has 6 rings (SSSR count). The van der Waals surface area contributed by atoms with Crippen LogP contribution in [0.3, 0.4) is 0 Å². The molecule has 3 unspecified atom stereocenters. The molecule has 3 atom stereocenters. The molecule has 0 bridgehead atoms. The molecule has 2 heterocycles. The summed E-state index contributed by atoms with van der Waals surface area (Å²) in [6, 6.07) is 16.1. The van der Waals surface area contributed by atoms with Crippen molar-refractivity contribution in [2.45, 2.75) is 24.9 Å². The molecule has 1 fully saturated rings. The molecule has 0 saturated carbocycles. The molecular formula is C30H24ClNO5.